The van der Waals surface area contributed by atoms with E-state index < -0.39 is 0 Å². The average molecular weight is 368 g/mol. The Bertz CT molecular complexity index is 502. The molecule has 0 saturated heterocycles. The molecule has 1 amide bonds. The van der Waals surface area contributed by atoms with E-state index in [0.29, 0.717) is 17.7 Å². The molecule has 0 aliphatic heterocycles. The molecule has 1 aromatic rings. The third kappa shape index (κ3) is 9.49. The molecule has 0 saturated carbocycles. The van der Waals surface area contributed by atoms with E-state index in [9.17, 15) is 9.59 Å². The second-order valence-corrected chi connectivity index (χ2v) is 7.17. The summed E-state index contributed by atoms with van der Waals surface area (Å²) >= 11 is 6.05. The van der Waals surface area contributed by atoms with E-state index >= 15 is 0 Å². The van der Waals surface area contributed by atoms with Crippen LogP contribution in [0.3, 0.4) is 0 Å². The van der Waals surface area contributed by atoms with Crippen LogP contribution in [0.15, 0.2) is 24.3 Å². The van der Waals surface area contributed by atoms with Gasteiger partial charge >= 0.3 is 5.97 Å². The van der Waals surface area contributed by atoms with Gasteiger partial charge in [-0.3, -0.25) is 4.79 Å². The van der Waals surface area contributed by atoms with Crippen molar-refractivity contribution in [3.05, 3.63) is 29.8 Å². The molecule has 0 aliphatic carbocycles. The van der Waals surface area contributed by atoms with E-state index in [1.165, 1.54) is 25.7 Å². The molecule has 25 heavy (non-hydrogen) atoms. The van der Waals surface area contributed by atoms with Crippen LogP contribution in [-0.2, 0) is 9.53 Å². The van der Waals surface area contributed by atoms with Gasteiger partial charge in [-0.1, -0.05) is 32.6 Å². The number of benzene rings is 1. The first kappa shape index (κ1) is 21.5. The molecule has 1 N–H and O–H groups in total. The second-order valence-electron chi connectivity index (χ2n) is 6.43. The predicted octanol–water partition coefficient (Wildman–Crippen LogP) is 5.55. The molecule has 4 nitrogen and oxygen atoms in total. The highest BCUT2D eigenvalue weighted by molar-refractivity contribution is 6.20. The van der Waals surface area contributed by atoms with Gasteiger partial charge in [-0.25, -0.2) is 4.79 Å². The number of amides is 1. The van der Waals surface area contributed by atoms with Gasteiger partial charge in [-0.15, -0.1) is 11.6 Å². The summed E-state index contributed by atoms with van der Waals surface area (Å²) in [6.45, 7) is 4.16. The van der Waals surface area contributed by atoms with Crippen LogP contribution >= 0.6 is 11.6 Å². The fourth-order valence-corrected chi connectivity index (χ4v) is 2.77. The molecule has 0 fully saturated rings. The predicted molar refractivity (Wildman–Crippen MR) is 103 cm³/mol. The van der Waals surface area contributed by atoms with Crippen LogP contribution in [0.25, 0.3) is 0 Å². The van der Waals surface area contributed by atoms with Crippen molar-refractivity contribution in [3.63, 3.8) is 0 Å². The first-order valence-corrected chi connectivity index (χ1v) is 9.65. The zero-order chi connectivity index (χ0) is 18.5. The lowest BCUT2D eigenvalue weighted by atomic mass is 10.0. The fourth-order valence-electron chi connectivity index (χ4n) is 2.64. The molecule has 0 heterocycles. The van der Waals surface area contributed by atoms with Crippen molar-refractivity contribution in [2.24, 2.45) is 0 Å². The van der Waals surface area contributed by atoms with E-state index in [4.69, 9.17) is 16.3 Å². The van der Waals surface area contributed by atoms with Crippen molar-refractivity contribution in [1.82, 2.24) is 0 Å². The summed E-state index contributed by atoms with van der Waals surface area (Å²) in [5.41, 5.74) is 1.14. The standard InChI is InChI=1S/C20H30ClNO3/c1-3-4-5-6-7-8-19(14-9-16(2)21)25-20(24)17-10-12-18(13-11-17)22-15-23/h10-13,15-16,19H,3-9,14H2,1-2H3,(H,22,23). The normalized spacial score (nSPS) is 13.1. The number of unbranched alkanes of at least 4 members (excludes halogenated alkanes) is 4. The molecular formula is C20H30ClNO3. The largest absolute Gasteiger partial charge is 0.459 e. The van der Waals surface area contributed by atoms with Gasteiger partial charge in [0.25, 0.3) is 0 Å². The number of hydrogen-bond donors (Lipinski definition) is 1. The molecular weight excluding hydrogens is 338 g/mol. The zero-order valence-corrected chi connectivity index (χ0v) is 16.1. The number of hydrogen-bond acceptors (Lipinski definition) is 3. The van der Waals surface area contributed by atoms with Gasteiger partial charge in [-0.2, -0.15) is 0 Å². The first-order chi connectivity index (χ1) is 12.1. The Hall–Kier alpha value is -1.55. The number of alkyl halides is 1. The maximum atomic E-state index is 12.4. The summed E-state index contributed by atoms with van der Waals surface area (Å²) in [5, 5.41) is 2.62. The lowest BCUT2D eigenvalue weighted by Gasteiger charge is -2.19. The van der Waals surface area contributed by atoms with Crippen molar-refractivity contribution in [2.45, 2.75) is 76.7 Å². The van der Waals surface area contributed by atoms with E-state index in [2.05, 4.69) is 12.2 Å². The van der Waals surface area contributed by atoms with Crippen LogP contribution in [-0.4, -0.2) is 23.9 Å². The maximum absolute atomic E-state index is 12.4. The summed E-state index contributed by atoms with van der Waals surface area (Å²) in [7, 11) is 0. The van der Waals surface area contributed by atoms with Crippen LogP contribution in [0.2, 0.25) is 0 Å². The second kappa shape index (κ2) is 12.8. The van der Waals surface area contributed by atoms with Crippen molar-refractivity contribution < 1.29 is 14.3 Å². The summed E-state index contributed by atoms with van der Waals surface area (Å²) in [6.07, 6.45) is 8.95. The molecule has 5 heteroatoms. The van der Waals surface area contributed by atoms with E-state index in [0.717, 1.165) is 25.7 Å². The monoisotopic (exact) mass is 367 g/mol. The summed E-state index contributed by atoms with van der Waals surface area (Å²) < 4.78 is 5.71. The van der Waals surface area contributed by atoms with Crippen LogP contribution in [0, 0.1) is 0 Å². The highest BCUT2D eigenvalue weighted by atomic mass is 35.5. The Kier molecular flexibility index (Phi) is 11.0. The van der Waals surface area contributed by atoms with E-state index in [1.807, 2.05) is 6.92 Å². The van der Waals surface area contributed by atoms with Crippen molar-refractivity contribution >= 4 is 29.7 Å². The van der Waals surface area contributed by atoms with Gasteiger partial charge in [-0.05, 0) is 56.9 Å². The Morgan fingerprint density at radius 1 is 1.12 bits per heavy atom. The summed E-state index contributed by atoms with van der Waals surface area (Å²) in [6, 6.07) is 6.70. The molecule has 1 aromatic carbocycles. The maximum Gasteiger partial charge on any atom is 0.338 e. The van der Waals surface area contributed by atoms with Gasteiger partial charge in [0.05, 0.1) is 5.56 Å². The minimum Gasteiger partial charge on any atom is -0.459 e. The topological polar surface area (TPSA) is 55.4 Å². The number of carbonyl (C=O) groups excluding carboxylic acids is 2. The molecule has 0 radical (unpaired) electrons. The van der Waals surface area contributed by atoms with E-state index in [1.54, 1.807) is 24.3 Å². The van der Waals surface area contributed by atoms with Gasteiger partial charge in [0.15, 0.2) is 0 Å². The highest BCUT2D eigenvalue weighted by Gasteiger charge is 2.16. The number of carbonyl (C=O) groups is 2. The van der Waals surface area contributed by atoms with Crippen molar-refractivity contribution in [2.75, 3.05) is 5.32 Å². The third-order valence-corrected chi connectivity index (χ3v) is 4.35. The minimum absolute atomic E-state index is 0.0787. The van der Waals surface area contributed by atoms with Gasteiger partial charge in [0, 0.05) is 11.1 Å². The van der Waals surface area contributed by atoms with Gasteiger partial charge in [0.1, 0.15) is 6.10 Å². The highest BCUT2D eigenvalue weighted by Crippen LogP contribution is 2.18. The van der Waals surface area contributed by atoms with Gasteiger partial charge < -0.3 is 10.1 Å². The van der Waals surface area contributed by atoms with Crippen LogP contribution in [0.4, 0.5) is 5.69 Å². The van der Waals surface area contributed by atoms with Crippen LogP contribution in [0.5, 0.6) is 0 Å². The lowest BCUT2D eigenvalue weighted by Crippen LogP contribution is -2.19. The molecule has 2 unspecified atom stereocenters. The molecule has 1 rings (SSSR count). The summed E-state index contributed by atoms with van der Waals surface area (Å²) in [5.74, 6) is -0.321. The Balaban J connectivity index is 2.54. The van der Waals surface area contributed by atoms with E-state index in [-0.39, 0.29) is 17.5 Å². The minimum atomic E-state index is -0.321. The smallest absolute Gasteiger partial charge is 0.338 e. The lowest BCUT2D eigenvalue weighted by molar-refractivity contribution is -0.105. The number of esters is 1. The fraction of sp³-hybridized carbons (Fsp3) is 0.600. The molecule has 0 spiro atoms. The van der Waals surface area contributed by atoms with Crippen LogP contribution < -0.4 is 5.32 Å². The molecule has 140 valence electrons. The molecule has 0 aromatic heterocycles. The third-order valence-electron chi connectivity index (χ3n) is 4.14. The SMILES string of the molecule is CCCCCCCC(CCC(C)Cl)OC(=O)c1ccc(NC=O)cc1. The van der Waals surface area contributed by atoms with Crippen LogP contribution in [0.1, 0.15) is 75.6 Å². The van der Waals surface area contributed by atoms with Crippen molar-refractivity contribution in [1.29, 1.82) is 0 Å². The van der Waals surface area contributed by atoms with Crippen molar-refractivity contribution in [3.8, 4) is 0 Å². The zero-order valence-electron chi connectivity index (χ0n) is 15.3. The molecule has 2 atom stereocenters. The number of ether oxygens (including phenoxy) is 1. The number of nitrogens with one attached hydrogen (secondary N) is 1. The average Bonchev–Trinajstić information content (AvgIpc) is 2.60. The quantitative estimate of drug-likeness (QED) is 0.215. The number of halogens is 1. The summed E-state index contributed by atoms with van der Waals surface area (Å²) in [4.78, 5) is 22.8. The Morgan fingerprint density at radius 2 is 1.80 bits per heavy atom. The molecule has 0 aliphatic rings. The Labute approximate surface area is 156 Å². The number of rotatable bonds is 13. The Morgan fingerprint density at radius 3 is 2.40 bits per heavy atom. The molecule has 0 bridgehead atoms. The first-order valence-electron chi connectivity index (χ1n) is 9.22. The van der Waals surface area contributed by atoms with Gasteiger partial charge in [0.2, 0.25) is 6.41 Å². The number of anilines is 1.